The summed E-state index contributed by atoms with van der Waals surface area (Å²) in [6, 6.07) is -0.134. The van der Waals surface area contributed by atoms with Gasteiger partial charge < -0.3 is 0 Å². The lowest BCUT2D eigenvalue weighted by molar-refractivity contribution is 0.409. The van der Waals surface area contributed by atoms with E-state index in [1.807, 2.05) is 13.8 Å². The number of sulfonamides is 1. The molecule has 0 saturated heterocycles. The minimum Gasteiger partial charge on any atom is -0.212 e. The van der Waals surface area contributed by atoms with Crippen molar-refractivity contribution in [3.63, 3.8) is 0 Å². The van der Waals surface area contributed by atoms with Gasteiger partial charge in [-0.1, -0.05) is 13.8 Å². The molecule has 0 heterocycles. The van der Waals surface area contributed by atoms with Crippen LogP contribution in [0.2, 0.25) is 0 Å². The third-order valence-electron chi connectivity index (χ3n) is 1.83. The Kier molecular flexibility index (Phi) is 5.25. The van der Waals surface area contributed by atoms with Gasteiger partial charge in [-0.2, -0.15) is 0 Å². The van der Waals surface area contributed by atoms with Crippen molar-refractivity contribution < 1.29 is 8.42 Å². The highest BCUT2D eigenvalue weighted by Crippen LogP contribution is 2.09. The number of rotatable bonds is 5. The predicted molar refractivity (Wildman–Crippen MR) is 56.6 cm³/mol. The molecule has 0 aliphatic heterocycles. The Morgan fingerprint density at radius 1 is 1.31 bits per heavy atom. The summed E-state index contributed by atoms with van der Waals surface area (Å²) in [5.74, 6) is 0.661. The molecule has 80 valence electrons. The van der Waals surface area contributed by atoms with E-state index in [9.17, 15) is 8.42 Å². The molecule has 0 aromatic rings. The summed E-state index contributed by atoms with van der Waals surface area (Å²) in [5, 5.41) is 0. The van der Waals surface area contributed by atoms with E-state index in [1.54, 1.807) is 14.0 Å². The molecule has 0 aromatic heterocycles. The van der Waals surface area contributed by atoms with E-state index in [1.165, 1.54) is 4.31 Å². The Bertz CT molecular complexity index is 239. The molecule has 0 aliphatic carbocycles. The average Bonchev–Trinajstić information content (AvgIpc) is 1.99. The van der Waals surface area contributed by atoms with Gasteiger partial charge >= 0.3 is 0 Å². The molecule has 0 bridgehead atoms. The summed E-state index contributed by atoms with van der Waals surface area (Å²) >= 11 is 5.58. The van der Waals surface area contributed by atoms with Crippen LogP contribution in [0.25, 0.3) is 0 Å². The van der Waals surface area contributed by atoms with E-state index in [0.29, 0.717) is 5.88 Å². The van der Waals surface area contributed by atoms with Gasteiger partial charge in [-0.05, 0) is 12.8 Å². The van der Waals surface area contributed by atoms with Gasteiger partial charge in [-0.3, -0.25) is 0 Å². The van der Waals surface area contributed by atoms with Gasteiger partial charge in [0.1, 0.15) is 0 Å². The van der Waals surface area contributed by atoms with Crippen LogP contribution < -0.4 is 0 Å². The van der Waals surface area contributed by atoms with Crippen molar-refractivity contribution in [3.8, 4) is 0 Å². The van der Waals surface area contributed by atoms with Crippen LogP contribution in [0.1, 0.15) is 20.8 Å². The summed E-state index contributed by atoms with van der Waals surface area (Å²) in [5.41, 5.74) is 0. The van der Waals surface area contributed by atoms with Crippen molar-refractivity contribution in [2.45, 2.75) is 26.8 Å². The molecular formula is C8H18ClNO2S. The molecule has 0 radical (unpaired) electrons. The van der Waals surface area contributed by atoms with Crippen molar-refractivity contribution >= 4 is 21.6 Å². The van der Waals surface area contributed by atoms with Crippen LogP contribution in [0.15, 0.2) is 0 Å². The van der Waals surface area contributed by atoms with Crippen LogP contribution in [0.5, 0.6) is 0 Å². The molecule has 0 aliphatic rings. The van der Waals surface area contributed by atoms with Crippen molar-refractivity contribution in [3.05, 3.63) is 0 Å². The molecule has 0 fully saturated rings. The van der Waals surface area contributed by atoms with Gasteiger partial charge in [0.15, 0.2) is 0 Å². The lowest BCUT2D eigenvalue weighted by Gasteiger charge is -2.23. The first-order chi connectivity index (χ1) is 5.81. The quantitative estimate of drug-likeness (QED) is 0.668. The van der Waals surface area contributed by atoms with Gasteiger partial charge in [0, 0.05) is 19.0 Å². The van der Waals surface area contributed by atoms with Crippen LogP contribution in [0.3, 0.4) is 0 Å². The monoisotopic (exact) mass is 227 g/mol. The fourth-order valence-electron chi connectivity index (χ4n) is 0.910. The van der Waals surface area contributed by atoms with Crippen molar-refractivity contribution in [2.24, 2.45) is 5.92 Å². The second-order valence-electron chi connectivity index (χ2n) is 3.69. The fourth-order valence-corrected chi connectivity index (χ4v) is 2.90. The molecule has 0 saturated carbocycles. The maximum atomic E-state index is 11.6. The first kappa shape index (κ1) is 13.2. The van der Waals surface area contributed by atoms with Gasteiger partial charge in [0.2, 0.25) is 10.0 Å². The molecule has 1 atom stereocenters. The van der Waals surface area contributed by atoms with Crippen molar-refractivity contribution in [2.75, 3.05) is 18.7 Å². The fraction of sp³-hybridized carbons (Fsp3) is 1.00. The number of alkyl halides is 1. The van der Waals surface area contributed by atoms with Crippen molar-refractivity contribution in [1.82, 2.24) is 4.31 Å². The summed E-state index contributed by atoms with van der Waals surface area (Å²) in [7, 11) is -1.55. The molecule has 0 rings (SSSR count). The van der Waals surface area contributed by atoms with Gasteiger partial charge in [0.05, 0.1) is 5.75 Å². The lowest BCUT2D eigenvalue weighted by atomic mass is 10.3. The maximum Gasteiger partial charge on any atom is 0.214 e. The topological polar surface area (TPSA) is 37.4 Å². The average molecular weight is 228 g/mol. The van der Waals surface area contributed by atoms with E-state index in [4.69, 9.17) is 11.6 Å². The Hall–Kier alpha value is 0.200. The first-order valence-electron chi connectivity index (χ1n) is 4.33. The molecular weight excluding hydrogens is 210 g/mol. The molecule has 0 spiro atoms. The van der Waals surface area contributed by atoms with E-state index >= 15 is 0 Å². The third-order valence-corrected chi connectivity index (χ3v) is 4.60. The second kappa shape index (κ2) is 5.17. The zero-order chi connectivity index (χ0) is 10.6. The normalized spacial score (nSPS) is 15.3. The van der Waals surface area contributed by atoms with Crippen LogP contribution in [-0.4, -0.2) is 37.4 Å². The number of hydrogen-bond acceptors (Lipinski definition) is 2. The van der Waals surface area contributed by atoms with Crippen LogP contribution >= 0.6 is 11.6 Å². The summed E-state index contributed by atoms with van der Waals surface area (Å²) in [6.07, 6.45) is 0. The van der Waals surface area contributed by atoms with Crippen LogP contribution in [-0.2, 0) is 10.0 Å². The SMILES string of the molecule is CC(C)CS(=O)(=O)N(C)C(C)CCl. The summed E-state index contributed by atoms with van der Waals surface area (Å²) in [6.45, 7) is 5.57. The predicted octanol–water partition coefficient (Wildman–Crippen LogP) is 1.53. The molecule has 1 unspecified atom stereocenters. The van der Waals surface area contributed by atoms with E-state index < -0.39 is 10.0 Å². The largest absolute Gasteiger partial charge is 0.214 e. The third kappa shape index (κ3) is 4.29. The number of nitrogens with zero attached hydrogens (tertiary/aromatic N) is 1. The molecule has 0 aromatic carbocycles. The van der Waals surface area contributed by atoms with Crippen LogP contribution in [0, 0.1) is 5.92 Å². The van der Waals surface area contributed by atoms with E-state index in [2.05, 4.69) is 0 Å². The Morgan fingerprint density at radius 2 is 1.77 bits per heavy atom. The second-order valence-corrected chi connectivity index (χ2v) is 6.07. The van der Waals surface area contributed by atoms with E-state index in [0.717, 1.165) is 0 Å². The standard InChI is InChI=1S/C8H18ClNO2S/c1-7(2)6-13(11,12)10(4)8(3)5-9/h7-8H,5-6H2,1-4H3. The molecule has 3 nitrogen and oxygen atoms in total. The van der Waals surface area contributed by atoms with Crippen LogP contribution in [0.4, 0.5) is 0 Å². The first-order valence-corrected chi connectivity index (χ1v) is 6.47. The molecule has 13 heavy (non-hydrogen) atoms. The molecule has 5 heteroatoms. The smallest absolute Gasteiger partial charge is 0.212 e. The Balaban J connectivity index is 4.46. The van der Waals surface area contributed by atoms with Gasteiger partial charge in [-0.15, -0.1) is 11.6 Å². The lowest BCUT2D eigenvalue weighted by Crippen LogP contribution is -2.38. The number of hydrogen-bond donors (Lipinski definition) is 0. The van der Waals surface area contributed by atoms with Gasteiger partial charge in [-0.25, -0.2) is 12.7 Å². The minimum atomic E-state index is -3.12. The molecule has 0 amide bonds. The highest BCUT2D eigenvalue weighted by atomic mass is 35.5. The summed E-state index contributed by atoms with van der Waals surface area (Å²) in [4.78, 5) is 0. The number of halogens is 1. The zero-order valence-electron chi connectivity index (χ0n) is 8.62. The maximum absolute atomic E-state index is 11.6. The minimum absolute atomic E-state index is 0.134. The van der Waals surface area contributed by atoms with E-state index in [-0.39, 0.29) is 17.7 Å². The zero-order valence-corrected chi connectivity index (χ0v) is 10.2. The molecule has 0 N–H and O–H groups in total. The van der Waals surface area contributed by atoms with Gasteiger partial charge in [0.25, 0.3) is 0 Å². The van der Waals surface area contributed by atoms with Crippen molar-refractivity contribution in [1.29, 1.82) is 0 Å². The highest BCUT2D eigenvalue weighted by Gasteiger charge is 2.23. The Morgan fingerprint density at radius 3 is 2.08 bits per heavy atom. The highest BCUT2D eigenvalue weighted by molar-refractivity contribution is 7.89. The summed E-state index contributed by atoms with van der Waals surface area (Å²) < 4.78 is 24.6. The Labute approximate surface area is 86.1 Å².